The lowest BCUT2D eigenvalue weighted by molar-refractivity contribution is 0.0389. The van der Waals surface area contributed by atoms with Gasteiger partial charge < -0.3 is 15.4 Å². The lowest BCUT2D eigenvalue weighted by atomic mass is 10.2. The number of ether oxygens (including phenoxy) is 1. The van der Waals surface area contributed by atoms with Gasteiger partial charge in [-0.15, -0.1) is 11.3 Å². The van der Waals surface area contributed by atoms with Crippen LogP contribution in [0.1, 0.15) is 5.69 Å². The van der Waals surface area contributed by atoms with Crippen LogP contribution in [0.5, 0.6) is 0 Å². The molecule has 25 heavy (non-hydrogen) atoms. The van der Waals surface area contributed by atoms with Crippen molar-refractivity contribution < 1.29 is 4.74 Å². The van der Waals surface area contributed by atoms with Crippen molar-refractivity contribution in [2.45, 2.75) is 6.54 Å². The summed E-state index contributed by atoms with van der Waals surface area (Å²) < 4.78 is 5.37. The molecule has 0 atom stereocenters. The number of thiazole rings is 1. The fourth-order valence-electron chi connectivity index (χ4n) is 2.65. The number of aliphatic imine (C=N–C) groups is 1. The van der Waals surface area contributed by atoms with E-state index in [-0.39, 0.29) is 0 Å². The highest BCUT2D eigenvalue weighted by Gasteiger charge is 2.10. The number of guanidine groups is 1. The molecule has 0 amide bonds. The normalized spacial score (nSPS) is 16.0. The van der Waals surface area contributed by atoms with Gasteiger partial charge in [0.25, 0.3) is 0 Å². The number of nitrogens with zero attached hydrogens (tertiary/aromatic N) is 3. The van der Waals surface area contributed by atoms with E-state index >= 15 is 0 Å². The number of morpholine rings is 1. The van der Waals surface area contributed by atoms with Crippen molar-refractivity contribution in [3.8, 4) is 10.6 Å². The number of nitrogens with one attached hydrogen (secondary N) is 2. The fraction of sp³-hybridized carbons (Fsp3) is 0.444. The second kappa shape index (κ2) is 9.50. The number of benzene rings is 1. The minimum atomic E-state index is 0.667. The van der Waals surface area contributed by atoms with Crippen LogP contribution in [0.25, 0.3) is 10.6 Å². The Morgan fingerprint density at radius 2 is 2.04 bits per heavy atom. The van der Waals surface area contributed by atoms with Crippen molar-refractivity contribution in [3.63, 3.8) is 0 Å². The van der Waals surface area contributed by atoms with E-state index in [0.717, 1.165) is 61.6 Å². The molecule has 1 saturated heterocycles. The van der Waals surface area contributed by atoms with E-state index in [1.165, 1.54) is 0 Å². The van der Waals surface area contributed by atoms with Crippen LogP contribution in [0.2, 0.25) is 0 Å². The minimum Gasteiger partial charge on any atom is -0.379 e. The summed E-state index contributed by atoms with van der Waals surface area (Å²) in [5.74, 6) is 0.808. The molecule has 1 aromatic carbocycles. The quantitative estimate of drug-likeness (QED) is 0.608. The van der Waals surface area contributed by atoms with Crippen LogP contribution in [0.15, 0.2) is 40.7 Å². The van der Waals surface area contributed by atoms with E-state index in [1.807, 2.05) is 18.2 Å². The van der Waals surface area contributed by atoms with Crippen LogP contribution in [0.4, 0.5) is 0 Å². The van der Waals surface area contributed by atoms with Crippen LogP contribution >= 0.6 is 11.3 Å². The highest BCUT2D eigenvalue weighted by atomic mass is 32.1. The van der Waals surface area contributed by atoms with Gasteiger partial charge in [-0.1, -0.05) is 30.3 Å². The zero-order valence-corrected chi connectivity index (χ0v) is 15.4. The molecule has 2 aromatic rings. The van der Waals surface area contributed by atoms with E-state index in [4.69, 9.17) is 9.72 Å². The van der Waals surface area contributed by atoms with E-state index in [1.54, 1.807) is 18.4 Å². The van der Waals surface area contributed by atoms with Gasteiger partial charge in [-0.3, -0.25) is 9.89 Å². The second-order valence-electron chi connectivity index (χ2n) is 5.82. The first-order chi connectivity index (χ1) is 12.3. The Kier molecular flexibility index (Phi) is 6.79. The molecule has 1 aliphatic rings. The molecule has 0 saturated carbocycles. The van der Waals surface area contributed by atoms with Crippen LogP contribution in [0.3, 0.4) is 0 Å². The van der Waals surface area contributed by atoms with E-state index < -0.39 is 0 Å². The summed E-state index contributed by atoms with van der Waals surface area (Å²) in [6.07, 6.45) is 0. The zero-order chi connectivity index (χ0) is 17.3. The SMILES string of the molecule is CN=C(NCCN1CCOCC1)NCc1csc(-c2ccccc2)n1. The van der Waals surface area contributed by atoms with Crippen LogP contribution in [0, 0.1) is 0 Å². The molecule has 134 valence electrons. The van der Waals surface area contributed by atoms with Gasteiger partial charge in [0.15, 0.2) is 5.96 Å². The molecule has 0 bridgehead atoms. The molecule has 0 radical (unpaired) electrons. The maximum absolute atomic E-state index is 5.37. The molecule has 6 nitrogen and oxygen atoms in total. The lowest BCUT2D eigenvalue weighted by Gasteiger charge is -2.26. The van der Waals surface area contributed by atoms with Crippen molar-refractivity contribution in [3.05, 3.63) is 41.4 Å². The summed E-state index contributed by atoms with van der Waals surface area (Å²) >= 11 is 1.67. The van der Waals surface area contributed by atoms with Crippen LogP contribution in [-0.2, 0) is 11.3 Å². The topological polar surface area (TPSA) is 61.8 Å². The number of hydrogen-bond donors (Lipinski definition) is 2. The first-order valence-corrected chi connectivity index (χ1v) is 9.47. The summed E-state index contributed by atoms with van der Waals surface area (Å²) in [6.45, 7) is 6.22. The third kappa shape index (κ3) is 5.52. The van der Waals surface area contributed by atoms with Gasteiger partial charge in [-0.05, 0) is 0 Å². The number of rotatable bonds is 6. The van der Waals surface area contributed by atoms with Crippen molar-refractivity contribution in [1.82, 2.24) is 20.5 Å². The summed E-state index contributed by atoms with van der Waals surface area (Å²) in [7, 11) is 1.79. The lowest BCUT2D eigenvalue weighted by Crippen LogP contribution is -2.44. The van der Waals surface area contributed by atoms with E-state index in [0.29, 0.717) is 6.54 Å². The molecule has 1 aromatic heterocycles. The zero-order valence-electron chi connectivity index (χ0n) is 14.6. The average Bonchev–Trinajstić information content (AvgIpc) is 3.15. The smallest absolute Gasteiger partial charge is 0.191 e. The van der Waals surface area contributed by atoms with Gasteiger partial charge in [-0.2, -0.15) is 0 Å². The molecule has 7 heteroatoms. The highest BCUT2D eigenvalue weighted by molar-refractivity contribution is 7.13. The minimum absolute atomic E-state index is 0.667. The molecule has 2 heterocycles. The van der Waals surface area contributed by atoms with Crippen molar-refractivity contribution in [1.29, 1.82) is 0 Å². The Hall–Kier alpha value is -1.96. The standard InChI is InChI=1S/C18H25N5OS/c1-19-18(20-7-8-23-9-11-24-12-10-23)21-13-16-14-25-17(22-16)15-5-3-2-4-6-15/h2-6,14H,7-13H2,1H3,(H2,19,20,21). The Morgan fingerprint density at radius 1 is 1.24 bits per heavy atom. The molecule has 0 unspecified atom stereocenters. The maximum Gasteiger partial charge on any atom is 0.191 e. The summed E-state index contributed by atoms with van der Waals surface area (Å²) in [4.78, 5) is 11.4. The van der Waals surface area contributed by atoms with Crippen LogP contribution < -0.4 is 10.6 Å². The second-order valence-corrected chi connectivity index (χ2v) is 6.67. The molecule has 0 aliphatic carbocycles. The van der Waals surface area contributed by atoms with Gasteiger partial charge in [0.1, 0.15) is 5.01 Å². The largest absolute Gasteiger partial charge is 0.379 e. The molecule has 1 fully saturated rings. The third-order valence-electron chi connectivity index (χ3n) is 4.06. The Balaban J connectivity index is 1.43. The van der Waals surface area contributed by atoms with E-state index in [9.17, 15) is 0 Å². The maximum atomic E-state index is 5.37. The van der Waals surface area contributed by atoms with Gasteiger partial charge in [0.2, 0.25) is 0 Å². The molecule has 0 spiro atoms. The first-order valence-electron chi connectivity index (χ1n) is 8.59. The average molecular weight is 359 g/mol. The number of hydrogen-bond acceptors (Lipinski definition) is 5. The van der Waals surface area contributed by atoms with E-state index in [2.05, 4.69) is 38.0 Å². The van der Waals surface area contributed by atoms with Crippen molar-refractivity contribution in [2.75, 3.05) is 46.4 Å². The predicted molar refractivity (Wildman–Crippen MR) is 103 cm³/mol. The highest BCUT2D eigenvalue weighted by Crippen LogP contribution is 2.23. The van der Waals surface area contributed by atoms with Crippen LogP contribution in [-0.4, -0.2) is 62.3 Å². The van der Waals surface area contributed by atoms with Crippen molar-refractivity contribution in [2.24, 2.45) is 4.99 Å². The molecule has 2 N–H and O–H groups in total. The Labute approximate surface area is 152 Å². The van der Waals surface area contributed by atoms with Gasteiger partial charge in [-0.25, -0.2) is 4.98 Å². The predicted octanol–water partition coefficient (Wildman–Crippen LogP) is 1.81. The first kappa shape index (κ1) is 17.8. The Morgan fingerprint density at radius 3 is 2.80 bits per heavy atom. The van der Waals surface area contributed by atoms with Crippen molar-refractivity contribution >= 4 is 17.3 Å². The Bertz CT molecular complexity index is 667. The fourth-order valence-corrected chi connectivity index (χ4v) is 3.48. The summed E-state index contributed by atoms with van der Waals surface area (Å²) in [6, 6.07) is 10.3. The molecule has 1 aliphatic heterocycles. The molecule has 3 rings (SSSR count). The summed E-state index contributed by atoms with van der Waals surface area (Å²) in [5, 5.41) is 9.83. The monoisotopic (exact) mass is 359 g/mol. The number of aromatic nitrogens is 1. The molecular weight excluding hydrogens is 334 g/mol. The van der Waals surface area contributed by atoms with Gasteiger partial charge >= 0.3 is 0 Å². The van der Waals surface area contributed by atoms with Gasteiger partial charge in [0, 0.05) is 44.2 Å². The van der Waals surface area contributed by atoms with Gasteiger partial charge in [0.05, 0.1) is 25.5 Å². The molecular formula is C18H25N5OS. The third-order valence-corrected chi connectivity index (χ3v) is 5.00. The summed E-state index contributed by atoms with van der Waals surface area (Å²) in [5.41, 5.74) is 2.19.